The average Bonchev–Trinajstić information content (AvgIpc) is 2.96. The number of nitrogens with zero attached hydrogens (tertiary/aromatic N) is 2. The van der Waals surface area contributed by atoms with E-state index < -0.39 is 0 Å². The molecule has 0 atom stereocenters. The van der Waals surface area contributed by atoms with Crippen LogP contribution in [-0.2, 0) is 14.3 Å². The molecule has 0 aliphatic rings. The summed E-state index contributed by atoms with van der Waals surface area (Å²) in [4.78, 5) is 25.5. The van der Waals surface area contributed by atoms with E-state index in [4.69, 9.17) is 4.74 Å². The summed E-state index contributed by atoms with van der Waals surface area (Å²) in [5.41, 5.74) is 0.617. The molecule has 118 valence electrons. The molecule has 0 unspecified atom stereocenters. The monoisotopic (exact) mass is 296 g/mol. The van der Waals surface area contributed by atoms with Crippen molar-refractivity contribution in [2.75, 3.05) is 33.9 Å². The normalized spacial score (nSPS) is 10.7. The second-order valence-electron chi connectivity index (χ2n) is 5.01. The topological polar surface area (TPSA) is 60.8 Å². The lowest BCUT2D eigenvalue weighted by Crippen LogP contribution is -2.37. The average molecular weight is 296 g/mol. The summed E-state index contributed by atoms with van der Waals surface area (Å²) in [6.45, 7) is 5.22. The van der Waals surface area contributed by atoms with E-state index in [0.29, 0.717) is 25.4 Å². The zero-order chi connectivity index (χ0) is 15.8. The van der Waals surface area contributed by atoms with Gasteiger partial charge in [0, 0.05) is 32.4 Å². The number of hydrogen-bond acceptors (Lipinski definition) is 4. The minimum atomic E-state index is -0.329. The van der Waals surface area contributed by atoms with Gasteiger partial charge in [0.05, 0.1) is 20.1 Å². The predicted octanol–water partition coefficient (Wildman–Crippen LogP) is 1.72. The first-order valence-electron chi connectivity index (χ1n) is 7.03. The molecule has 1 heterocycles. The summed E-state index contributed by atoms with van der Waals surface area (Å²) in [6, 6.07) is 3.84. The number of amides is 1. The van der Waals surface area contributed by atoms with Gasteiger partial charge in [-0.1, -0.05) is 0 Å². The SMILES string of the molecule is COCCN(CCC(=O)OC)C(=O)c1cccn1C(C)C. The van der Waals surface area contributed by atoms with Crippen LogP contribution in [-0.4, -0.2) is 55.3 Å². The maximum absolute atomic E-state index is 12.6. The molecule has 0 bridgehead atoms. The van der Waals surface area contributed by atoms with Crippen LogP contribution in [0.25, 0.3) is 0 Å². The Morgan fingerprint density at radius 3 is 2.57 bits per heavy atom. The van der Waals surface area contributed by atoms with Crippen molar-refractivity contribution in [1.82, 2.24) is 9.47 Å². The van der Waals surface area contributed by atoms with Crippen LogP contribution >= 0.6 is 0 Å². The van der Waals surface area contributed by atoms with Gasteiger partial charge in [-0.25, -0.2) is 0 Å². The Hall–Kier alpha value is -1.82. The molecule has 6 heteroatoms. The van der Waals surface area contributed by atoms with Gasteiger partial charge in [0.25, 0.3) is 5.91 Å². The molecule has 0 radical (unpaired) electrons. The third kappa shape index (κ3) is 4.90. The fourth-order valence-electron chi connectivity index (χ4n) is 2.03. The van der Waals surface area contributed by atoms with Crippen molar-refractivity contribution in [2.24, 2.45) is 0 Å². The number of rotatable bonds is 8. The van der Waals surface area contributed by atoms with Crippen LogP contribution in [0.2, 0.25) is 0 Å². The Morgan fingerprint density at radius 2 is 2.00 bits per heavy atom. The van der Waals surface area contributed by atoms with E-state index in [2.05, 4.69) is 4.74 Å². The minimum absolute atomic E-state index is 0.102. The lowest BCUT2D eigenvalue weighted by atomic mass is 10.3. The van der Waals surface area contributed by atoms with Gasteiger partial charge in [0.1, 0.15) is 5.69 Å². The van der Waals surface area contributed by atoms with Gasteiger partial charge in [-0.3, -0.25) is 9.59 Å². The Bertz CT molecular complexity index is 468. The molecule has 21 heavy (non-hydrogen) atoms. The number of ether oxygens (including phenoxy) is 2. The maximum Gasteiger partial charge on any atom is 0.307 e. The molecule has 6 nitrogen and oxygen atoms in total. The molecule has 1 amide bonds. The zero-order valence-electron chi connectivity index (χ0n) is 13.2. The van der Waals surface area contributed by atoms with Gasteiger partial charge < -0.3 is 18.9 Å². The van der Waals surface area contributed by atoms with Crippen molar-refractivity contribution in [1.29, 1.82) is 0 Å². The lowest BCUT2D eigenvalue weighted by molar-refractivity contribution is -0.140. The summed E-state index contributed by atoms with van der Waals surface area (Å²) in [5, 5.41) is 0. The summed E-state index contributed by atoms with van der Waals surface area (Å²) < 4.78 is 11.6. The van der Waals surface area contributed by atoms with Crippen LogP contribution in [0.1, 0.15) is 36.8 Å². The first-order valence-corrected chi connectivity index (χ1v) is 7.03. The summed E-state index contributed by atoms with van der Waals surface area (Å²) >= 11 is 0. The van der Waals surface area contributed by atoms with Crippen LogP contribution in [0.5, 0.6) is 0 Å². The highest BCUT2D eigenvalue weighted by Crippen LogP contribution is 2.13. The van der Waals surface area contributed by atoms with Crippen LogP contribution in [0, 0.1) is 0 Å². The summed E-state index contributed by atoms with van der Waals surface area (Å²) in [5.74, 6) is -0.431. The van der Waals surface area contributed by atoms with Crippen molar-refractivity contribution in [2.45, 2.75) is 26.3 Å². The van der Waals surface area contributed by atoms with Crippen LogP contribution in [0.3, 0.4) is 0 Å². The largest absolute Gasteiger partial charge is 0.469 e. The van der Waals surface area contributed by atoms with E-state index in [1.54, 1.807) is 18.1 Å². The number of carbonyl (C=O) groups excluding carboxylic acids is 2. The second kappa shape index (κ2) is 8.46. The Kier molecular flexibility index (Phi) is 6.94. The number of hydrogen-bond donors (Lipinski definition) is 0. The van der Waals surface area contributed by atoms with E-state index in [0.717, 1.165) is 0 Å². The molecule has 0 fully saturated rings. The molecular weight excluding hydrogens is 272 g/mol. The number of esters is 1. The molecule has 0 saturated heterocycles. The standard InChI is InChI=1S/C15H24N2O4/c1-12(2)17-8-5-6-13(17)15(19)16(10-11-20-3)9-7-14(18)21-4/h5-6,8,12H,7,9-11H2,1-4H3. The van der Waals surface area contributed by atoms with Gasteiger partial charge in [0.2, 0.25) is 0 Å². The van der Waals surface area contributed by atoms with E-state index in [1.807, 2.05) is 30.7 Å². The lowest BCUT2D eigenvalue weighted by Gasteiger charge is -2.23. The van der Waals surface area contributed by atoms with Gasteiger partial charge >= 0.3 is 5.97 Å². The summed E-state index contributed by atoms with van der Waals surface area (Å²) in [6.07, 6.45) is 2.06. The maximum atomic E-state index is 12.6. The van der Waals surface area contributed by atoms with E-state index in [9.17, 15) is 9.59 Å². The number of aromatic nitrogens is 1. The van der Waals surface area contributed by atoms with Crippen LogP contribution in [0.4, 0.5) is 0 Å². The smallest absolute Gasteiger partial charge is 0.307 e. The van der Waals surface area contributed by atoms with Crippen molar-refractivity contribution in [3.63, 3.8) is 0 Å². The molecule has 0 aromatic carbocycles. The highest BCUT2D eigenvalue weighted by molar-refractivity contribution is 5.93. The third-order valence-corrected chi connectivity index (χ3v) is 3.22. The number of methoxy groups -OCH3 is 2. The van der Waals surface area contributed by atoms with Gasteiger partial charge in [-0.05, 0) is 26.0 Å². The van der Waals surface area contributed by atoms with Gasteiger partial charge in [-0.2, -0.15) is 0 Å². The third-order valence-electron chi connectivity index (χ3n) is 3.22. The Morgan fingerprint density at radius 1 is 1.29 bits per heavy atom. The molecule has 0 N–H and O–H groups in total. The zero-order valence-corrected chi connectivity index (χ0v) is 13.2. The molecule has 0 saturated carbocycles. The number of carbonyl (C=O) groups is 2. The molecule has 0 aliphatic heterocycles. The molecule has 1 aromatic heterocycles. The first-order chi connectivity index (χ1) is 10.0. The van der Waals surface area contributed by atoms with E-state index in [1.165, 1.54) is 7.11 Å². The van der Waals surface area contributed by atoms with E-state index >= 15 is 0 Å². The quantitative estimate of drug-likeness (QED) is 0.685. The molecule has 1 rings (SSSR count). The Labute approximate surface area is 125 Å². The highest BCUT2D eigenvalue weighted by Gasteiger charge is 2.20. The second-order valence-corrected chi connectivity index (χ2v) is 5.01. The van der Waals surface area contributed by atoms with Gasteiger partial charge in [-0.15, -0.1) is 0 Å². The van der Waals surface area contributed by atoms with E-state index in [-0.39, 0.29) is 24.3 Å². The molecule has 0 aliphatic carbocycles. The highest BCUT2D eigenvalue weighted by atomic mass is 16.5. The summed E-state index contributed by atoms with van der Waals surface area (Å²) in [7, 11) is 2.92. The van der Waals surface area contributed by atoms with Crippen molar-refractivity contribution in [3.05, 3.63) is 24.0 Å². The Balaban J connectivity index is 2.83. The molecule has 1 aromatic rings. The fourth-order valence-corrected chi connectivity index (χ4v) is 2.03. The first kappa shape index (κ1) is 17.2. The fraction of sp³-hybridized carbons (Fsp3) is 0.600. The minimum Gasteiger partial charge on any atom is -0.469 e. The van der Waals surface area contributed by atoms with Crippen molar-refractivity contribution in [3.8, 4) is 0 Å². The van der Waals surface area contributed by atoms with Crippen molar-refractivity contribution >= 4 is 11.9 Å². The molecule has 0 spiro atoms. The van der Waals surface area contributed by atoms with Gasteiger partial charge in [0.15, 0.2) is 0 Å². The van der Waals surface area contributed by atoms with Crippen molar-refractivity contribution < 1.29 is 19.1 Å². The predicted molar refractivity (Wildman–Crippen MR) is 79.2 cm³/mol. The van der Waals surface area contributed by atoms with Crippen LogP contribution in [0.15, 0.2) is 18.3 Å². The van der Waals surface area contributed by atoms with Crippen LogP contribution < -0.4 is 0 Å². The molecular formula is C15H24N2O4.